The monoisotopic (exact) mass is 318 g/mol. The summed E-state index contributed by atoms with van der Waals surface area (Å²) >= 11 is 0. The van der Waals surface area contributed by atoms with Gasteiger partial charge in [-0.25, -0.2) is 4.39 Å². The maximum Gasteiger partial charge on any atom is 0.251 e. The van der Waals surface area contributed by atoms with Crippen molar-refractivity contribution >= 4 is 12.1 Å². The van der Waals surface area contributed by atoms with Gasteiger partial charge in [0.25, 0.3) is 5.91 Å². The molecule has 0 saturated carbocycles. The first kappa shape index (κ1) is 17.3. The van der Waals surface area contributed by atoms with Gasteiger partial charge in [0, 0.05) is 32.3 Å². The highest BCUT2D eigenvalue weighted by Gasteiger charge is 2.31. The van der Waals surface area contributed by atoms with Crippen molar-refractivity contribution in [3.63, 3.8) is 0 Å². The number of carbonyl (C=O) groups excluding carboxylic acids is 1. The molecule has 1 aromatic rings. The number of hydrogen-bond donors (Lipinski definition) is 1. The van der Waals surface area contributed by atoms with Crippen LogP contribution >= 0.6 is 0 Å². The zero-order valence-corrected chi connectivity index (χ0v) is 13.6. The molecule has 0 bridgehead atoms. The molecule has 0 fully saturated rings. The number of halogens is 1. The number of likely N-dealkylation sites (N-methyl/N-ethyl adjacent to an activating group) is 1. The van der Waals surface area contributed by atoms with Crippen molar-refractivity contribution in [1.82, 2.24) is 4.90 Å². The fraction of sp³-hybridized carbons (Fsp3) is 0.444. The highest BCUT2D eigenvalue weighted by atomic mass is 19.1. The van der Waals surface area contributed by atoms with Crippen LogP contribution in [0.5, 0.6) is 0 Å². The van der Waals surface area contributed by atoms with Gasteiger partial charge in [0.2, 0.25) is 0 Å². The smallest absolute Gasteiger partial charge is 0.251 e. The van der Waals surface area contributed by atoms with Crippen molar-refractivity contribution in [2.45, 2.75) is 25.9 Å². The van der Waals surface area contributed by atoms with Gasteiger partial charge in [-0.2, -0.15) is 0 Å². The largest absolute Gasteiger partial charge is 0.383 e. The molecule has 5 heteroatoms. The number of aliphatic imine (C=N–C) groups is 1. The van der Waals surface area contributed by atoms with Crippen molar-refractivity contribution in [3.05, 3.63) is 47.3 Å². The van der Waals surface area contributed by atoms with E-state index in [0.29, 0.717) is 19.5 Å². The van der Waals surface area contributed by atoms with E-state index in [1.54, 1.807) is 25.4 Å². The summed E-state index contributed by atoms with van der Waals surface area (Å²) in [6, 6.07) is 6.40. The lowest BCUT2D eigenvalue weighted by atomic mass is 9.87. The van der Waals surface area contributed by atoms with Crippen LogP contribution in [0, 0.1) is 11.7 Å². The number of aryl methyl sites for hydroxylation is 1. The van der Waals surface area contributed by atoms with Gasteiger partial charge < -0.3 is 10.0 Å². The Balaban J connectivity index is 2.03. The third kappa shape index (κ3) is 4.48. The van der Waals surface area contributed by atoms with Crippen LogP contribution < -0.4 is 0 Å². The molecule has 0 radical (unpaired) electrons. The maximum atomic E-state index is 12.9. The highest BCUT2D eigenvalue weighted by molar-refractivity contribution is 5.82. The summed E-state index contributed by atoms with van der Waals surface area (Å²) in [7, 11) is 1.68. The minimum atomic E-state index is -1.07. The fourth-order valence-corrected chi connectivity index (χ4v) is 2.63. The van der Waals surface area contributed by atoms with E-state index in [4.69, 9.17) is 0 Å². The van der Waals surface area contributed by atoms with E-state index in [1.165, 1.54) is 17.0 Å². The van der Waals surface area contributed by atoms with Crippen LogP contribution in [-0.4, -0.2) is 48.4 Å². The Kier molecular flexibility index (Phi) is 6.04. The summed E-state index contributed by atoms with van der Waals surface area (Å²) in [5, 5.41) is 10.4. The Morgan fingerprint density at radius 2 is 2.09 bits per heavy atom. The van der Waals surface area contributed by atoms with Gasteiger partial charge in [0.15, 0.2) is 0 Å². The molecule has 1 heterocycles. The first-order valence-electron chi connectivity index (χ1n) is 7.89. The van der Waals surface area contributed by atoms with Crippen molar-refractivity contribution in [2.24, 2.45) is 10.9 Å². The third-order valence-electron chi connectivity index (χ3n) is 4.27. The molecule has 1 amide bonds. The molecule has 0 spiro atoms. The normalized spacial score (nSPS) is 18.4. The number of benzene rings is 1. The number of aliphatic hydroxyl groups is 1. The Labute approximate surface area is 136 Å². The van der Waals surface area contributed by atoms with E-state index in [1.807, 2.05) is 13.0 Å². The summed E-state index contributed by atoms with van der Waals surface area (Å²) in [5.41, 5.74) is 2.04. The number of aliphatic hydroxyl groups excluding tert-OH is 1. The van der Waals surface area contributed by atoms with E-state index in [-0.39, 0.29) is 17.6 Å². The van der Waals surface area contributed by atoms with Gasteiger partial charge in [0.1, 0.15) is 11.9 Å². The Morgan fingerprint density at radius 1 is 1.39 bits per heavy atom. The third-order valence-corrected chi connectivity index (χ3v) is 4.27. The summed E-state index contributed by atoms with van der Waals surface area (Å²) in [6.07, 6.45) is 3.97. The molecule has 0 aromatic heterocycles. The van der Waals surface area contributed by atoms with Crippen molar-refractivity contribution in [1.29, 1.82) is 0 Å². The van der Waals surface area contributed by atoms with Crippen LogP contribution in [0.4, 0.5) is 4.39 Å². The zero-order valence-electron chi connectivity index (χ0n) is 13.6. The maximum absolute atomic E-state index is 12.9. The zero-order chi connectivity index (χ0) is 16.8. The predicted octanol–water partition coefficient (Wildman–Crippen LogP) is 2.22. The topological polar surface area (TPSA) is 52.9 Å². The Morgan fingerprint density at radius 3 is 2.74 bits per heavy atom. The number of rotatable bonds is 6. The minimum Gasteiger partial charge on any atom is -0.383 e. The summed E-state index contributed by atoms with van der Waals surface area (Å²) in [6.45, 7) is 2.84. The molecule has 1 N–H and O–H groups in total. The predicted molar refractivity (Wildman–Crippen MR) is 89.0 cm³/mol. The molecule has 124 valence electrons. The van der Waals surface area contributed by atoms with Gasteiger partial charge in [-0.3, -0.25) is 9.79 Å². The molecule has 1 aromatic carbocycles. The molecular formula is C18H23FN2O2. The van der Waals surface area contributed by atoms with E-state index in [2.05, 4.69) is 4.99 Å². The number of carbonyl (C=O) groups is 1. The number of nitrogens with zero attached hydrogens (tertiary/aromatic N) is 2. The summed E-state index contributed by atoms with van der Waals surface area (Å²) < 4.78 is 12.9. The minimum absolute atomic E-state index is 0.251. The lowest BCUT2D eigenvalue weighted by Gasteiger charge is -2.28. The Bertz CT molecular complexity index is 596. The molecule has 0 aliphatic carbocycles. The molecule has 2 atom stereocenters. The number of hydrogen-bond acceptors (Lipinski definition) is 3. The lowest BCUT2D eigenvalue weighted by Crippen LogP contribution is -2.42. The van der Waals surface area contributed by atoms with Crippen LogP contribution in [0.2, 0.25) is 0 Å². The Hall–Kier alpha value is -2.01. The van der Waals surface area contributed by atoms with Crippen LogP contribution in [0.1, 0.15) is 18.9 Å². The number of amides is 1. The number of dihydropyridines is 1. The number of allylic oxidation sites excluding steroid dienone is 1. The van der Waals surface area contributed by atoms with Gasteiger partial charge in [-0.15, -0.1) is 0 Å². The molecule has 1 aliphatic heterocycles. The van der Waals surface area contributed by atoms with Gasteiger partial charge in [0.05, 0.1) is 0 Å². The quantitative estimate of drug-likeness (QED) is 0.874. The highest BCUT2D eigenvalue weighted by Crippen LogP contribution is 2.24. The molecule has 2 unspecified atom stereocenters. The van der Waals surface area contributed by atoms with E-state index < -0.39 is 6.10 Å². The van der Waals surface area contributed by atoms with E-state index in [9.17, 15) is 14.3 Å². The van der Waals surface area contributed by atoms with E-state index >= 15 is 0 Å². The van der Waals surface area contributed by atoms with Gasteiger partial charge in [-0.1, -0.05) is 17.7 Å². The average Bonchev–Trinajstić information content (AvgIpc) is 2.59. The molecule has 2 rings (SSSR count). The van der Waals surface area contributed by atoms with Crippen molar-refractivity contribution < 1.29 is 14.3 Å². The second-order valence-corrected chi connectivity index (χ2v) is 5.79. The van der Waals surface area contributed by atoms with Crippen LogP contribution in [-0.2, 0) is 11.2 Å². The average molecular weight is 318 g/mol. The van der Waals surface area contributed by atoms with E-state index in [0.717, 1.165) is 17.6 Å². The molecule has 4 nitrogen and oxygen atoms in total. The lowest BCUT2D eigenvalue weighted by molar-refractivity contribution is -0.140. The standard InChI is InChI=1S/C18H23FN2O2/c1-3-21(2)18(23)17(22)16-12-20-11-10-14(16)7-4-13-5-8-15(19)9-6-13/h5-6,8-11,16-17,22H,3-4,7,12H2,1-2H3. The van der Waals surface area contributed by atoms with Crippen LogP contribution in [0.3, 0.4) is 0 Å². The molecule has 23 heavy (non-hydrogen) atoms. The van der Waals surface area contributed by atoms with Crippen molar-refractivity contribution in [3.8, 4) is 0 Å². The first-order valence-corrected chi connectivity index (χ1v) is 7.89. The van der Waals surface area contributed by atoms with Gasteiger partial charge >= 0.3 is 0 Å². The first-order chi connectivity index (χ1) is 11.0. The molecular weight excluding hydrogens is 295 g/mol. The van der Waals surface area contributed by atoms with Gasteiger partial charge in [-0.05, 0) is 43.5 Å². The second kappa shape index (κ2) is 8.02. The fourth-order valence-electron chi connectivity index (χ4n) is 2.63. The second-order valence-electron chi connectivity index (χ2n) is 5.79. The molecule has 0 saturated heterocycles. The van der Waals surface area contributed by atoms with Crippen LogP contribution in [0.15, 0.2) is 40.9 Å². The summed E-state index contributed by atoms with van der Waals surface area (Å²) in [5.74, 6) is -0.816. The SMILES string of the molecule is CCN(C)C(=O)C(O)C1CN=CC=C1CCc1ccc(F)cc1. The van der Waals surface area contributed by atoms with Crippen LogP contribution in [0.25, 0.3) is 0 Å². The molecule has 1 aliphatic rings. The summed E-state index contributed by atoms with van der Waals surface area (Å²) in [4.78, 5) is 17.9. The van der Waals surface area contributed by atoms with Crippen molar-refractivity contribution in [2.75, 3.05) is 20.1 Å².